The number of nitrogens with zero attached hydrogens (tertiary/aromatic N) is 1. The second-order valence-electron chi connectivity index (χ2n) is 5.80. The van der Waals surface area contributed by atoms with Crippen LogP contribution >= 0.6 is 11.6 Å². The molecule has 118 valence electrons. The van der Waals surface area contributed by atoms with Gasteiger partial charge in [0.15, 0.2) is 0 Å². The zero-order chi connectivity index (χ0) is 15.7. The summed E-state index contributed by atoms with van der Waals surface area (Å²) >= 11 is 5.88. The first-order valence-corrected chi connectivity index (χ1v) is 7.60. The molecule has 1 N–H and O–H groups in total. The molecule has 1 saturated carbocycles. The van der Waals surface area contributed by atoms with Crippen LogP contribution in [-0.4, -0.2) is 10.1 Å². The van der Waals surface area contributed by atoms with E-state index in [4.69, 9.17) is 11.6 Å². The summed E-state index contributed by atoms with van der Waals surface area (Å²) in [4.78, 5) is 3.40. The van der Waals surface area contributed by atoms with E-state index in [9.17, 15) is 18.3 Å². The summed E-state index contributed by atoms with van der Waals surface area (Å²) < 4.78 is 37.8. The Hall–Kier alpha value is -0.810. The van der Waals surface area contributed by atoms with Gasteiger partial charge in [-0.25, -0.2) is 4.98 Å². The zero-order valence-corrected chi connectivity index (χ0v) is 12.6. The maximum Gasteiger partial charge on any atom is 0.433 e. The monoisotopic (exact) mass is 321 g/mol. The van der Waals surface area contributed by atoms with Crippen molar-refractivity contribution in [1.82, 2.24) is 4.98 Å². The van der Waals surface area contributed by atoms with Crippen LogP contribution in [0.1, 0.15) is 56.7 Å². The van der Waals surface area contributed by atoms with Crippen molar-refractivity contribution in [2.45, 2.75) is 57.2 Å². The molecule has 0 atom stereocenters. The van der Waals surface area contributed by atoms with Gasteiger partial charge in [0.25, 0.3) is 0 Å². The van der Waals surface area contributed by atoms with E-state index in [0.717, 1.165) is 31.7 Å². The highest BCUT2D eigenvalue weighted by Gasteiger charge is 2.38. The maximum absolute atomic E-state index is 12.6. The van der Waals surface area contributed by atoms with Gasteiger partial charge in [-0.3, -0.25) is 0 Å². The summed E-state index contributed by atoms with van der Waals surface area (Å²) in [6.45, 7) is 2.12. The van der Waals surface area contributed by atoms with E-state index in [-0.39, 0.29) is 5.15 Å². The fraction of sp³-hybridized carbons (Fsp3) is 0.667. The lowest BCUT2D eigenvalue weighted by Crippen LogP contribution is -2.32. The molecule has 0 aliphatic heterocycles. The standard InChI is InChI=1S/C15H19ClF3NO/c1-2-3-10-6-8-14(21,9-7-10)11-4-5-12(15(17,18)19)20-13(11)16/h4-5,10,21H,2-3,6-9H2,1H3. The molecular weight excluding hydrogens is 303 g/mol. The van der Waals surface area contributed by atoms with Crippen molar-refractivity contribution in [3.63, 3.8) is 0 Å². The first-order valence-electron chi connectivity index (χ1n) is 7.23. The number of hydrogen-bond acceptors (Lipinski definition) is 2. The van der Waals surface area contributed by atoms with Crippen LogP contribution in [0.5, 0.6) is 0 Å². The van der Waals surface area contributed by atoms with E-state index in [0.29, 0.717) is 24.3 Å². The summed E-state index contributed by atoms with van der Waals surface area (Å²) in [5.74, 6) is 0.580. The van der Waals surface area contributed by atoms with Crippen LogP contribution in [0.2, 0.25) is 5.15 Å². The van der Waals surface area contributed by atoms with Gasteiger partial charge in [-0.2, -0.15) is 13.2 Å². The number of aliphatic hydroxyl groups is 1. The van der Waals surface area contributed by atoms with Gasteiger partial charge in [-0.05, 0) is 37.7 Å². The number of alkyl halides is 3. The first kappa shape index (κ1) is 16.6. The lowest BCUT2D eigenvalue weighted by molar-refractivity contribution is -0.141. The van der Waals surface area contributed by atoms with Gasteiger partial charge in [0.2, 0.25) is 0 Å². The molecule has 1 aliphatic rings. The van der Waals surface area contributed by atoms with Crippen LogP contribution < -0.4 is 0 Å². The summed E-state index contributed by atoms with van der Waals surface area (Å²) in [7, 11) is 0. The van der Waals surface area contributed by atoms with E-state index >= 15 is 0 Å². The molecule has 0 saturated heterocycles. The Morgan fingerprint density at radius 1 is 1.33 bits per heavy atom. The lowest BCUT2D eigenvalue weighted by Gasteiger charge is -2.36. The van der Waals surface area contributed by atoms with Crippen molar-refractivity contribution in [2.75, 3.05) is 0 Å². The Morgan fingerprint density at radius 2 is 1.95 bits per heavy atom. The fourth-order valence-corrected chi connectivity index (χ4v) is 3.39. The highest BCUT2D eigenvalue weighted by molar-refractivity contribution is 6.30. The van der Waals surface area contributed by atoms with E-state index in [1.54, 1.807) is 0 Å². The molecule has 1 fully saturated rings. The molecule has 0 spiro atoms. The molecule has 6 heteroatoms. The van der Waals surface area contributed by atoms with Gasteiger partial charge in [0, 0.05) is 5.56 Å². The Bertz CT molecular complexity index is 496. The second kappa shape index (κ2) is 6.13. The van der Waals surface area contributed by atoms with Crippen molar-refractivity contribution in [3.8, 4) is 0 Å². The van der Waals surface area contributed by atoms with Crippen LogP contribution in [0.25, 0.3) is 0 Å². The van der Waals surface area contributed by atoms with Gasteiger partial charge in [0.05, 0.1) is 5.60 Å². The number of hydrogen-bond donors (Lipinski definition) is 1. The minimum absolute atomic E-state index is 0.249. The molecule has 1 aromatic rings. The zero-order valence-electron chi connectivity index (χ0n) is 11.9. The quantitative estimate of drug-likeness (QED) is 0.801. The summed E-state index contributed by atoms with van der Waals surface area (Å²) in [6, 6.07) is 2.15. The van der Waals surface area contributed by atoms with Gasteiger partial charge >= 0.3 is 6.18 Å². The molecule has 0 unspecified atom stereocenters. The average molecular weight is 322 g/mol. The van der Waals surface area contributed by atoms with Gasteiger partial charge in [-0.15, -0.1) is 0 Å². The third-order valence-corrected chi connectivity index (χ3v) is 4.56. The molecule has 0 radical (unpaired) electrons. The Balaban J connectivity index is 2.19. The number of rotatable bonds is 3. The largest absolute Gasteiger partial charge is 0.433 e. The Morgan fingerprint density at radius 3 is 2.43 bits per heavy atom. The van der Waals surface area contributed by atoms with E-state index in [1.807, 2.05) is 0 Å². The highest BCUT2D eigenvalue weighted by Crippen LogP contribution is 2.43. The Kier molecular flexibility index (Phi) is 4.83. The summed E-state index contributed by atoms with van der Waals surface area (Å²) in [5, 5.41) is 10.4. The minimum Gasteiger partial charge on any atom is -0.385 e. The number of pyridine rings is 1. The normalized spacial score (nSPS) is 26.9. The van der Waals surface area contributed by atoms with Gasteiger partial charge in [-0.1, -0.05) is 37.4 Å². The first-order chi connectivity index (χ1) is 9.76. The molecule has 0 aromatic carbocycles. The molecule has 1 aromatic heterocycles. The van der Waals surface area contributed by atoms with Crippen molar-refractivity contribution in [2.24, 2.45) is 5.92 Å². The molecule has 1 aliphatic carbocycles. The lowest BCUT2D eigenvalue weighted by atomic mass is 9.74. The summed E-state index contributed by atoms with van der Waals surface area (Å²) in [5.41, 5.74) is -1.87. The number of aromatic nitrogens is 1. The topological polar surface area (TPSA) is 33.1 Å². The third kappa shape index (κ3) is 3.69. The average Bonchev–Trinajstić information content (AvgIpc) is 2.40. The van der Waals surface area contributed by atoms with Crippen LogP contribution in [0.15, 0.2) is 12.1 Å². The molecule has 2 rings (SSSR count). The van der Waals surface area contributed by atoms with Gasteiger partial charge in [0.1, 0.15) is 10.8 Å². The fourth-order valence-electron chi connectivity index (χ4n) is 3.06. The molecule has 1 heterocycles. The smallest absolute Gasteiger partial charge is 0.385 e. The Labute approximate surface area is 127 Å². The minimum atomic E-state index is -4.52. The molecular formula is C15H19ClF3NO. The van der Waals surface area contributed by atoms with Crippen molar-refractivity contribution in [3.05, 3.63) is 28.5 Å². The third-order valence-electron chi connectivity index (χ3n) is 4.27. The maximum atomic E-state index is 12.6. The number of halogens is 4. The van der Waals surface area contributed by atoms with Crippen LogP contribution in [0.4, 0.5) is 13.2 Å². The van der Waals surface area contributed by atoms with E-state index in [2.05, 4.69) is 11.9 Å². The van der Waals surface area contributed by atoms with Gasteiger partial charge < -0.3 is 5.11 Å². The predicted molar refractivity (Wildman–Crippen MR) is 75.0 cm³/mol. The highest BCUT2D eigenvalue weighted by atomic mass is 35.5. The molecule has 0 bridgehead atoms. The second-order valence-corrected chi connectivity index (χ2v) is 6.15. The predicted octanol–water partition coefficient (Wildman–Crippen LogP) is 4.93. The summed E-state index contributed by atoms with van der Waals surface area (Å²) in [6.07, 6.45) is 0.461. The van der Waals surface area contributed by atoms with Crippen molar-refractivity contribution < 1.29 is 18.3 Å². The van der Waals surface area contributed by atoms with Crippen LogP contribution in [0.3, 0.4) is 0 Å². The molecule has 21 heavy (non-hydrogen) atoms. The van der Waals surface area contributed by atoms with E-state index in [1.165, 1.54) is 6.07 Å². The molecule has 0 amide bonds. The van der Waals surface area contributed by atoms with Crippen molar-refractivity contribution >= 4 is 11.6 Å². The molecule has 2 nitrogen and oxygen atoms in total. The van der Waals surface area contributed by atoms with Crippen LogP contribution in [0, 0.1) is 5.92 Å². The van der Waals surface area contributed by atoms with Crippen LogP contribution in [-0.2, 0) is 11.8 Å². The van der Waals surface area contributed by atoms with E-state index < -0.39 is 17.5 Å². The van der Waals surface area contributed by atoms with Crippen molar-refractivity contribution in [1.29, 1.82) is 0 Å². The SMILES string of the molecule is CCCC1CCC(O)(c2ccc(C(F)(F)F)nc2Cl)CC1.